The topological polar surface area (TPSA) is 86.3 Å². The number of hydrogen-bond acceptors (Lipinski definition) is 5. The highest BCUT2D eigenvalue weighted by atomic mass is 35.5. The van der Waals surface area contributed by atoms with Gasteiger partial charge >= 0.3 is 0 Å². The first-order chi connectivity index (χ1) is 19.8. The third-order valence-corrected chi connectivity index (χ3v) is 8.78. The van der Waals surface area contributed by atoms with Crippen LogP contribution in [0.1, 0.15) is 0 Å². The molecule has 6 aromatic carbocycles. The molecule has 6 aromatic rings. The molecule has 0 unspecified atom stereocenters. The third kappa shape index (κ3) is 5.00. The van der Waals surface area contributed by atoms with Gasteiger partial charge in [0.25, 0.3) is 11.4 Å². The minimum atomic E-state index is -0.470. The van der Waals surface area contributed by atoms with Crippen molar-refractivity contribution >= 4 is 67.9 Å². The van der Waals surface area contributed by atoms with Gasteiger partial charge < -0.3 is 0 Å². The van der Waals surface area contributed by atoms with E-state index in [2.05, 4.69) is 0 Å². The van der Waals surface area contributed by atoms with Crippen molar-refractivity contribution in [3.63, 3.8) is 0 Å². The van der Waals surface area contributed by atoms with Crippen LogP contribution in [0.3, 0.4) is 0 Å². The van der Waals surface area contributed by atoms with Crippen LogP contribution in [0.5, 0.6) is 0 Å². The fraction of sp³-hybridized carbons (Fsp3) is 0. The van der Waals surface area contributed by atoms with Gasteiger partial charge in [-0.3, -0.25) is 20.2 Å². The quantitative estimate of drug-likeness (QED) is 0.141. The van der Waals surface area contributed by atoms with Crippen LogP contribution in [0.2, 0.25) is 10.0 Å². The molecule has 9 heteroatoms. The van der Waals surface area contributed by atoms with E-state index >= 15 is 0 Å². The van der Waals surface area contributed by atoms with Crippen molar-refractivity contribution in [2.24, 2.45) is 0 Å². The average molecular weight is 597 g/mol. The summed E-state index contributed by atoms with van der Waals surface area (Å²) in [4.78, 5) is 23.6. The summed E-state index contributed by atoms with van der Waals surface area (Å²) in [6.45, 7) is 0. The Morgan fingerprint density at radius 3 is 1.29 bits per heavy atom. The molecule has 6 nitrogen and oxygen atoms in total. The normalized spacial score (nSPS) is 11.2. The summed E-state index contributed by atoms with van der Waals surface area (Å²) in [7, 11) is 0. The second kappa shape index (κ2) is 10.9. The Labute approximate surface area is 248 Å². The predicted octanol–water partition coefficient (Wildman–Crippen LogP) is 10.6. The Morgan fingerprint density at radius 1 is 0.512 bits per heavy atom. The number of rotatable bonds is 6. The van der Waals surface area contributed by atoms with Gasteiger partial charge in [0.05, 0.1) is 19.9 Å². The van der Waals surface area contributed by atoms with Gasteiger partial charge in [0, 0.05) is 45.2 Å². The third-order valence-electron chi connectivity index (χ3n) is 6.87. The van der Waals surface area contributed by atoms with Crippen LogP contribution in [-0.4, -0.2) is 9.85 Å². The monoisotopic (exact) mass is 596 g/mol. The zero-order valence-electron chi connectivity index (χ0n) is 21.1. The molecule has 0 N–H and O–H groups in total. The van der Waals surface area contributed by atoms with E-state index in [9.17, 15) is 20.2 Å². The molecule has 0 aliphatic carbocycles. The van der Waals surface area contributed by atoms with Crippen LogP contribution < -0.4 is 0 Å². The highest BCUT2D eigenvalue weighted by Gasteiger charge is 2.21. The lowest BCUT2D eigenvalue weighted by atomic mass is 10.0. The number of non-ortho nitro benzene ring substituents is 2. The average Bonchev–Trinajstić information content (AvgIpc) is 2.97. The number of halogens is 2. The first kappa shape index (κ1) is 26.8. The fourth-order valence-electron chi connectivity index (χ4n) is 4.90. The van der Waals surface area contributed by atoms with Crippen molar-refractivity contribution < 1.29 is 9.85 Å². The molecule has 0 saturated carbocycles. The van der Waals surface area contributed by atoms with Gasteiger partial charge in [-0.2, -0.15) is 0 Å². The summed E-state index contributed by atoms with van der Waals surface area (Å²) < 4.78 is 0. The van der Waals surface area contributed by atoms with Crippen molar-refractivity contribution in [2.45, 2.75) is 9.79 Å². The maximum absolute atomic E-state index is 11.4. The lowest BCUT2D eigenvalue weighted by Gasteiger charge is -2.18. The Kier molecular flexibility index (Phi) is 7.09. The molecule has 0 atom stereocenters. The van der Waals surface area contributed by atoms with Crippen LogP contribution in [0, 0.1) is 20.2 Å². The van der Waals surface area contributed by atoms with Gasteiger partial charge in [0.2, 0.25) is 0 Å². The number of nitro benzene ring substituents is 2. The van der Waals surface area contributed by atoms with Crippen molar-refractivity contribution in [2.75, 3.05) is 0 Å². The lowest BCUT2D eigenvalue weighted by molar-refractivity contribution is -0.385. The maximum atomic E-state index is 11.4. The Balaban J connectivity index is 1.62. The van der Waals surface area contributed by atoms with Gasteiger partial charge in [0.1, 0.15) is 0 Å². The van der Waals surface area contributed by atoms with Gasteiger partial charge in [-0.15, -0.1) is 0 Å². The maximum Gasteiger partial charge on any atom is 0.270 e. The molecule has 0 saturated heterocycles. The molecular formula is C32H18Cl2N2O4S. The Bertz CT molecular complexity index is 1890. The van der Waals surface area contributed by atoms with Gasteiger partial charge in [-0.1, -0.05) is 108 Å². The standard InChI is InChI=1S/C32H18Cl2N2O4S/c33-29-17-21(35(37)38)11-15-25(29)27-13-9-19-5-1-3-7-23(19)31(27)41-32-24-8-4-2-6-20(24)10-14-28(32)26-16-12-22(36(39)40)18-30(26)34/h1-18H. The lowest BCUT2D eigenvalue weighted by Crippen LogP contribution is -1.93. The van der Waals surface area contributed by atoms with Crippen molar-refractivity contribution in [3.8, 4) is 22.3 Å². The molecule has 0 aromatic heterocycles. The number of fused-ring (bicyclic) bond motifs is 2. The summed E-state index contributed by atoms with van der Waals surface area (Å²) in [5, 5.41) is 27.3. The second-order valence-corrected chi connectivity index (χ2v) is 11.1. The molecule has 200 valence electrons. The molecule has 0 heterocycles. The Morgan fingerprint density at radius 2 is 0.902 bits per heavy atom. The van der Waals surface area contributed by atoms with E-state index in [1.165, 1.54) is 24.3 Å². The predicted molar refractivity (Wildman–Crippen MR) is 166 cm³/mol. The van der Waals surface area contributed by atoms with Crippen molar-refractivity contribution in [1.29, 1.82) is 0 Å². The van der Waals surface area contributed by atoms with E-state index in [-0.39, 0.29) is 21.4 Å². The van der Waals surface area contributed by atoms with Crippen LogP contribution in [-0.2, 0) is 0 Å². The number of nitro groups is 2. The summed E-state index contributed by atoms with van der Waals surface area (Å²) in [6, 6.07) is 32.9. The van der Waals surface area contributed by atoms with E-state index in [0.29, 0.717) is 11.1 Å². The van der Waals surface area contributed by atoms with Crippen LogP contribution in [0.15, 0.2) is 119 Å². The van der Waals surface area contributed by atoms with Crippen LogP contribution in [0.4, 0.5) is 11.4 Å². The number of hydrogen-bond donors (Lipinski definition) is 0. The molecule has 0 aliphatic rings. The molecule has 0 radical (unpaired) electrons. The van der Waals surface area contributed by atoms with Gasteiger partial charge in [0.15, 0.2) is 0 Å². The highest BCUT2D eigenvalue weighted by molar-refractivity contribution is 8.00. The van der Waals surface area contributed by atoms with E-state index in [1.807, 2.05) is 72.8 Å². The number of benzene rings is 6. The van der Waals surface area contributed by atoms with E-state index < -0.39 is 9.85 Å². The van der Waals surface area contributed by atoms with E-state index in [0.717, 1.165) is 42.5 Å². The van der Waals surface area contributed by atoms with Crippen molar-refractivity contribution in [1.82, 2.24) is 0 Å². The molecule has 0 bridgehead atoms. The molecule has 0 amide bonds. The summed E-state index contributed by atoms with van der Waals surface area (Å²) in [5.41, 5.74) is 2.81. The molecule has 41 heavy (non-hydrogen) atoms. The van der Waals surface area contributed by atoms with E-state index in [4.69, 9.17) is 23.2 Å². The smallest absolute Gasteiger partial charge is 0.258 e. The molecular weight excluding hydrogens is 579 g/mol. The highest BCUT2D eigenvalue weighted by Crippen LogP contribution is 2.49. The van der Waals surface area contributed by atoms with E-state index in [1.54, 1.807) is 23.9 Å². The number of nitrogens with zero attached hydrogens (tertiary/aromatic N) is 2. The first-order valence-corrected chi connectivity index (χ1v) is 14.0. The van der Waals surface area contributed by atoms with Gasteiger partial charge in [-0.25, -0.2) is 0 Å². The Hall–Kier alpha value is -4.43. The molecule has 0 spiro atoms. The zero-order valence-corrected chi connectivity index (χ0v) is 23.4. The van der Waals surface area contributed by atoms with Gasteiger partial charge in [-0.05, 0) is 44.8 Å². The summed E-state index contributed by atoms with van der Waals surface area (Å²) in [5.74, 6) is 0. The fourth-order valence-corrected chi connectivity index (χ4v) is 6.83. The largest absolute Gasteiger partial charge is 0.270 e. The summed E-state index contributed by atoms with van der Waals surface area (Å²) >= 11 is 14.8. The molecule has 0 fully saturated rings. The zero-order chi connectivity index (χ0) is 28.7. The summed E-state index contributed by atoms with van der Waals surface area (Å²) in [6.07, 6.45) is 0. The SMILES string of the molecule is O=[N+]([O-])c1ccc(-c2ccc3ccccc3c2Sc2c(-c3ccc([N+](=O)[O-])cc3Cl)ccc3ccccc23)c(Cl)c1. The second-order valence-electron chi connectivity index (χ2n) is 9.27. The van der Waals surface area contributed by atoms with Crippen molar-refractivity contribution in [3.05, 3.63) is 139 Å². The minimum Gasteiger partial charge on any atom is -0.258 e. The first-order valence-electron chi connectivity index (χ1n) is 12.4. The molecule has 6 rings (SSSR count). The molecule has 0 aliphatic heterocycles. The van der Waals surface area contributed by atoms with Crippen LogP contribution >= 0.6 is 35.0 Å². The minimum absolute atomic E-state index is 0.0853. The van der Waals surface area contributed by atoms with Crippen LogP contribution in [0.25, 0.3) is 43.8 Å².